The molecule has 8 heteroatoms. The molecule has 0 spiro atoms. The second-order valence-corrected chi connectivity index (χ2v) is 8.60. The van der Waals surface area contributed by atoms with Crippen LogP contribution in [0.2, 0.25) is 0 Å². The number of nitrogens with zero attached hydrogens (tertiary/aromatic N) is 3. The lowest BCUT2D eigenvalue weighted by molar-refractivity contribution is 0.0971. The van der Waals surface area contributed by atoms with Gasteiger partial charge >= 0.3 is 0 Å². The Labute approximate surface area is 191 Å². The molecule has 162 valence electrons. The van der Waals surface area contributed by atoms with Crippen molar-refractivity contribution in [1.29, 1.82) is 0 Å². The molecule has 1 aliphatic heterocycles. The van der Waals surface area contributed by atoms with E-state index in [0.29, 0.717) is 28.3 Å². The smallest absolute Gasteiger partial charge is 0.297 e. The van der Waals surface area contributed by atoms with Crippen molar-refractivity contribution >= 4 is 43.6 Å². The van der Waals surface area contributed by atoms with Crippen molar-refractivity contribution in [1.82, 2.24) is 9.97 Å². The summed E-state index contributed by atoms with van der Waals surface area (Å²) in [7, 11) is 0. The van der Waals surface area contributed by atoms with Gasteiger partial charge in [-0.25, -0.2) is 4.98 Å². The summed E-state index contributed by atoms with van der Waals surface area (Å²) in [5.74, 6) is 0.401. The Kier molecular flexibility index (Phi) is 4.48. The maximum atomic E-state index is 13.6. The summed E-state index contributed by atoms with van der Waals surface area (Å²) in [4.78, 5) is 37.5. The Hall–Kier alpha value is -4.04. The highest BCUT2D eigenvalue weighted by Gasteiger charge is 2.45. The molecule has 33 heavy (non-hydrogen) atoms. The summed E-state index contributed by atoms with van der Waals surface area (Å²) in [6, 6.07) is 15.5. The summed E-state index contributed by atoms with van der Waals surface area (Å²) >= 11 is 1.37. The Morgan fingerprint density at radius 2 is 1.91 bits per heavy atom. The molecule has 3 aromatic heterocycles. The number of anilines is 1. The maximum absolute atomic E-state index is 13.6. The van der Waals surface area contributed by atoms with Gasteiger partial charge < -0.3 is 9.15 Å². The van der Waals surface area contributed by atoms with E-state index < -0.39 is 11.9 Å². The van der Waals surface area contributed by atoms with Gasteiger partial charge in [0.15, 0.2) is 10.6 Å². The maximum Gasteiger partial charge on any atom is 0.297 e. The number of pyridine rings is 1. The Bertz CT molecular complexity index is 1590. The average molecular weight is 455 g/mol. The first kappa shape index (κ1) is 19.6. The van der Waals surface area contributed by atoms with Gasteiger partial charge in [0.1, 0.15) is 11.3 Å². The Morgan fingerprint density at radius 3 is 2.73 bits per heavy atom. The van der Waals surface area contributed by atoms with Crippen LogP contribution in [-0.2, 0) is 0 Å². The van der Waals surface area contributed by atoms with Crippen molar-refractivity contribution in [2.75, 3.05) is 11.5 Å². The van der Waals surface area contributed by atoms with E-state index in [1.807, 2.05) is 25.1 Å². The van der Waals surface area contributed by atoms with Gasteiger partial charge in [-0.2, -0.15) is 0 Å². The average Bonchev–Trinajstić information content (AvgIpc) is 3.38. The molecule has 7 nitrogen and oxygen atoms in total. The van der Waals surface area contributed by atoms with Gasteiger partial charge in [0.05, 0.1) is 33.8 Å². The fraction of sp³-hybridized carbons (Fsp3) is 0.120. The molecule has 0 radical (unpaired) electrons. The molecule has 0 saturated heterocycles. The van der Waals surface area contributed by atoms with Gasteiger partial charge in [0, 0.05) is 12.4 Å². The normalized spacial score (nSPS) is 15.4. The molecule has 1 atom stereocenters. The van der Waals surface area contributed by atoms with Gasteiger partial charge in [-0.1, -0.05) is 23.5 Å². The molecule has 2 aromatic carbocycles. The zero-order chi connectivity index (χ0) is 22.5. The van der Waals surface area contributed by atoms with Gasteiger partial charge in [-0.15, -0.1) is 0 Å². The summed E-state index contributed by atoms with van der Waals surface area (Å²) in [6.07, 6.45) is 3.29. The zero-order valence-electron chi connectivity index (χ0n) is 17.5. The fourth-order valence-electron chi connectivity index (χ4n) is 4.23. The first-order valence-corrected chi connectivity index (χ1v) is 11.3. The fourth-order valence-corrected chi connectivity index (χ4v) is 5.25. The molecule has 1 amide bonds. The number of aromatic nitrogens is 2. The van der Waals surface area contributed by atoms with Crippen LogP contribution in [-0.4, -0.2) is 22.5 Å². The Morgan fingerprint density at radius 1 is 1.09 bits per heavy atom. The van der Waals surface area contributed by atoms with Crippen molar-refractivity contribution in [3.63, 3.8) is 0 Å². The summed E-state index contributed by atoms with van der Waals surface area (Å²) in [5, 5.41) is 0.927. The van der Waals surface area contributed by atoms with E-state index in [1.165, 1.54) is 11.3 Å². The minimum Gasteiger partial charge on any atom is -0.494 e. The van der Waals surface area contributed by atoms with E-state index in [-0.39, 0.29) is 11.2 Å². The second kappa shape index (κ2) is 7.53. The Balaban J connectivity index is 1.58. The molecule has 1 aliphatic rings. The highest BCUT2D eigenvalue weighted by molar-refractivity contribution is 7.22. The number of fused-ring (bicyclic) bond motifs is 3. The standard InChI is InChI=1S/C25H17N3O4S/c1-2-31-15-7-8-17-19(13-15)33-25(27-17)28-21(14-9-11-26-12-10-14)20-22(29)16-5-3-4-6-18(16)32-23(20)24(28)30/h3-13,21H,2H2,1H3. The first-order chi connectivity index (χ1) is 16.2. The number of benzene rings is 2. The number of ether oxygens (including phenoxy) is 1. The molecule has 0 fully saturated rings. The van der Waals surface area contributed by atoms with Crippen LogP contribution < -0.4 is 15.1 Å². The molecule has 5 aromatic rings. The molecule has 0 saturated carbocycles. The predicted molar refractivity (Wildman–Crippen MR) is 126 cm³/mol. The molecule has 0 aliphatic carbocycles. The summed E-state index contributed by atoms with van der Waals surface area (Å²) < 4.78 is 12.5. The first-order valence-electron chi connectivity index (χ1n) is 10.5. The monoisotopic (exact) mass is 455 g/mol. The topological polar surface area (TPSA) is 85.5 Å². The van der Waals surface area contributed by atoms with Crippen LogP contribution in [0.15, 0.2) is 76.2 Å². The van der Waals surface area contributed by atoms with Crippen LogP contribution in [0.4, 0.5) is 5.13 Å². The molecular formula is C25H17N3O4S. The van der Waals surface area contributed by atoms with E-state index in [1.54, 1.807) is 53.7 Å². The number of carbonyl (C=O) groups excluding carboxylic acids is 1. The molecule has 0 bridgehead atoms. The quantitative estimate of drug-likeness (QED) is 0.381. The minimum absolute atomic E-state index is 0.0507. The van der Waals surface area contributed by atoms with Crippen molar-refractivity contribution in [2.24, 2.45) is 0 Å². The number of para-hydroxylation sites is 1. The van der Waals surface area contributed by atoms with E-state index in [0.717, 1.165) is 21.5 Å². The summed E-state index contributed by atoms with van der Waals surface area (Å²) in [5.41, 5.74) is 1.99. The lowest BCUT2D eigenvalue weighted by Crippen LogP contribution is -2.29. The van der Waals surface area contributed by atoms with E-state index in [2.05, 4.69) is 4.98 Å². The van der Waals surface area contributed by atoms with Gasteiger partial charge in [-0.3, -0.25) is 19.5 Å². The minimum atomic E-state index is -0.664. The molecule has 0 N–H and O–H groups in total. The SMILES string of the molecule is CCOc1ccc2nc(N3C(=O)c4oc5ccccc5c(=O)c4C3c3ccncc3)sc2c1. The third-order valence-electron chi connectivity index (χ3n) is 5.67. The third-order valence-corrected chi connectivity index (χ3v) is 6.68. The molecule has 6 rings (SSSR count). The van der Waals surface area contributed by atoms with Crippen LogP contribution in [0.25, 0.3) is 21.2 Å². The number of rotatable bonds is 4. The van der Waals surface area contributed by atoms with Crippen molar-refractivity contribution in [3.8, 4) is 5.75 Å². The van der Waals surface area contributed by atoms with Crippen molar-refractivity contribution in [2.45, 2.75) is 13.0 Å². The van der Waals surface area contributed by atoms with Gasteiger partial charge in [-0.05, 0) is 55.0 Å². The lowest BCUT2D eigenvalue weighted by atomic mass is 10.00. The van der Waals surface area contributed by atoms with E-state index in [9.17, 15) is 9.59 Å². The summed E-state index contributed by atoms with van der Waals surface area (Å²) in [6.45, 7) is 2.48. The van der Waals surface area contributed by atoms with Crippen LogP contribution in [0, 0.1) is 0 Å². The van der Waals surface area contributed by atoms with Crippen molar-refractivity contribution in [3.05, 3.63) is 94.1 Å². The largest absolute Gasteiger partial charge is 0.494 e. The van der Waals surface area contributed by atoms with Gasteiger partial charge in [0.25, 0.3) is 5.91 Å². The van der Waals surface area contributed by atoms with Crippen LogP contribution in [0.3, 0.4) is 0 Å². The lowest BCUT2D eigenvalue weighted by Gasteiger charge is -2.22. The highest BCUT2D eigenvalue weighted by atomic mass is 32.1. The number of carbonyl (C=O) groups is 1. The van der Waals surface area contributed by atoms with Crippen LogP contribution in [0.5, 0.6) is 5.75 Å². The highest BCUT2D eigenvalue weighted by Crippen LogP contribution is 2.43. The van der Waals surface area contributed by atoms with E-state index >= 15 is 0 Å². The zero-order valence-corrected chi connectivity index (χ0v) is 18.3. The van der Waals surface area contributed by atoms with Crippen LogP contribution in [0.1, 0.15) is 34.6 Å². The number of thiazole rings is 1. The van der Waals surface area contributed by atoms with Crippen LogP contribution >= 0.6 is 11.3 Å². The number of amides is 1. The third kappa shape index (κ3) is 3.02. The number of hydrogen-bond donors (Lipinski definition) is 0. The van der Waals surface area contributed by atoms with Gasteiger partial charge in [0.2, 0.25) is 5.76 Å². The second-order valence-electron chi connectivity index (χ2n) is 7.59. The predicted octanol–water partition coefficient (Wildman–Crippen LogP) is 4.95. The number of hydrogen-bond acceptors (Lipinski definition) is 7. The van der Waals surface area contributed by atoms with E-state index in [4.69, 9.17) is 14.1 Å². The molecule has 1 unspecified atom stereocenters. The van der Waals surface area contributed by atoms with Crippen molar-refractivity contribution < 1.29 is 13.9 Å². The molecular weight excluding hydrogens is 438 g/mol. The molecule has 4 heterocycles.